The predicted molar refractivity (Wildman–Crippen MR) is 77.0 cm³/mol. The first-order valence-corrected chi connectivity index (χ1v) is 8.56. The van der Waals surface area contributed by atoms with E-state index in [1.807, 2.05) is 13.8 Å². The molecule has 5 nitrogen and oxygen atoms in total. The maximum Gasteiger partial charge on any atom is 0.279 e. The number of aliphatic hydroxyl groups excluding tert-OH is 1. The third-order valence-electron chi connectivity index (χ3n) is 3.83. The highest BCUT2D eigenvalue weighted by molar-refractivity contribution is 7.87. The Balaban J connectivity index is 2.46. The lowest BCUT2D eigenvalue weighted by Gasteiger charge is -2.31. The summed E-state index contributed by atoms with van der Waals surface area (Å²) in [5.41, 5.74) is -0.126. The van der Waals surface area contributed by atoms with Gasteiger partial charge in [0.15, 0.2) is 0 Å². The summed E-state index contributed by atoms with van der Waals surface area (Å²) < 4.78 is 28.6. The molecule has 1 rings (SSSR count). The fourth-order valence-electron chi connectivity index (χ4n) is 2.25. The lowest BCUT2D eigenvalue weighted by molar-refractivity contribution is 0.239. The number of piperidine rings is 1. The largest absolute Gasteiger partial charge is 0.396 e. The van der Waals surface area contributed by atoms with Crippen LogP contribution in [0.25, 0.3) is 0 Å². The van der Waals surface area contributed by atoms with Gasteiger partial charge in [-0.05, 0) is 37.0 Å². The molecular formula is C13H28N2O3S. The van der Waals surface area contributed by atoms with Crippen LogP contribution in [0.5, 0.6) is 0 Å². The zero-order valence-electron chi connectivity index (χ0n) is 12.4. The van der Waals surface area contributed by atoms with E-state index in [0.29, 0.717) is 32.0 Å². The minimum absolute atomic E-state index is 0.126. The molecule has 1 saturated heterocycles. The van der Waals surface area contributed by atoms with Crippen molar-refractivity contribution in [2.45, 2.75) is 46.5 Å². The second-order valence-corrected chi connectivity index (χ2v) is 8.15. The maximum atomic E-state index is 12.2. The Morgan fingerprint density at radius 3 is 2.42 bits per heavy atom. The van der Waals surface area contributed by atoms with Crippen molar-refractivity contribution in [3.8, 4) is 0 Å². The predicted octanol–water partition coefficient (Wildman–Crippen LogP) is 1.35. The molecule has 0 bridgehead atoms. The number of hydrogen-bond donors (Lipinski definition) is 2. The van der Waals surface area contributed by atoms with Crippen molar-refractivity contribution < 1.29 is 13.5 Å². The molecule has 0 aromatic heterocycles. The van der Waals surface area contributed by atoms with Crippen molar-refractivity contribution in [2.75, 3.05) is 26.2 Å². The van der Waals surface area contributed by atoms with E-state index in [1.165, 1.54) is 0 Å². The van der Waals surface area contributed by atoms with Crippen LogP contribution in [0.4, 0.5) is 0 Å². The van der Waals surface area contributed by atoms with Crippen LogP contribution in [0.1, 0.15) is 46.5 Å². The monoisotopic (exact) mass is 292 g/mol. The number of hydrogen-bond acceptors (Lipinski definition) is 3. The van der Waals surface area contributed by atoms with Gasteiger partial charge in [-0.3, -0.25) is 0 Å². The molecule has 0 saturated carbocycles. The van der Waals surface area contributed by atoms with Gasteiger partial charge in [-0.15, -0.1) is 0 Å². The highest BCUT2D eigenvalue weighted by atomic mass is 32.2. The van der Waals surface area contributed by atoms with Crippen LogP contribution in [0.15, 0.2) is 0 Å². The average molecular weight is 292 g/mol. The van der Waals surface area contributed by atoms with Crippen LogP contribution < -0.4 is 4.72 Å². The molecule has 0 atom stereocenters. The van der Waals surface area contributed by atoms with Crippen molar-refractivity contribution in [3.05, 3.63) is 0 Å². The SMILES string of the molecule is CC1CCN(S(=O)(=O)NCC(C)(C)CCCO)CC1. The summed E-state index contributed by atoms with van der Waals surface area (Å²) in [5.74, 6) is 0.618. The quantitative estimate of drug-likeness (QED) is 0.744. The van der Waals surface area contributed by atoms with E-state index in [-0.39, 0.29) is 12.0 Å². The van der Waals surface area contributed by atoms with Gasteiger partial charge in [0.2, 0.25) is 0 Å². The van der Waals surface area contributed by atoms with Gasteiger partial charge >= 0.3 is 0 Å². The van der Waals surface area contributed by atoms with Gasteiger partial charge in [0, 0.05) is 26.2 Å². The van der Waals surface area contributed by atoms with Gasteiger partial charge in [0.25, 0.3) is 10.2 Å². The van der Waals surface area contributed by atoms with Gasteiger partial charge in [-0.25, -0.2) is 4.72 Å². The first kappa shape index (κ1) is 16.9. The Kier molecular flexibility index (Phi) is 6.23. The number of aliphatic hydroxyl groups is 1. The van der Waals surface area contributed by atoms with E-state index in [9.17, 15) is 8.42 Å². The summed E-state index contributed by atoms with van der Waals surface area (Å²) >= 11 is 0. The van der Waals surface area contributed by atoms with E-state index in [1.54, 1.807) is 4.31 Å². The molecule has 1 fully saturated rings. The smallest absolute Gasteiger partial charge is 0.279 e. The Morgan fingerprint density at radius 1 is 1.32 bits per heavy atom. The second kappa shape index (κ2) is 7.02. The van der Waals surface area contributed by atoms with Crippen LogP contribution in [0.2, 0.25) is 0 Å². The summed E-state index contributed by atoms with van der Waals surface area (Å²) in [5, 5.41) is 8.84. The molecular weight excluding hydrogens is 264 g/mol. The molecule has 1 aliphatic rings. The molecule has 0 unspecified atom stereocenters. The van der Waals surface area contributed by atoms with Crippen LogP contribution in [0, 0.1) is 11.3 Å². The third-order valence-corrected chi connectivity index (χ3v) is 5.38. The Hall–Kier alpha value is -0.170. The van der Waals surface area contributed by atoms with Crippen LogP contribution >= 0.6 is 0 Å². The lowest BCUT2D eigenvalue weighted by atomic mass is 9.88. The minimum atomic E-state index is -3.34. The molecule has 0 aliphatic carbocycles. The van der Waals surface area contributed by atoms with Crippen LogP contribution in [-0.4, -0.2) is 44.1 Å². The molecule has 1 aliphatic heterocycles. The molecule has 2 N–H and O–H groups in total. The van der Waals surface area contributed by atoms with Gasteiger partial charge in [-0.2, -0.15) is 12.7 Å². The van der Waals surface area contributed by atoms with Gasteiger partial charge in [0.05, 0.1) is 0 Å². The van der Waals surface area contributed by atoms with E-state index in [0.717, 1.165) is 19.3 Å². The molecule has 0 spiro atoms. The van der Waals surface area contributed by atoms with Gasteiger partial charge in [0.1, 0.15) is 0 Å². The minimum Gasteiger partial charge on any atom is -0.396 e. The zero-order chi connectivity index (χ0) is 14.5. The van der Waals surface area contributed by atoms with Crippen LogP contribution in [-0.2, 0) is 10.2 Å². The first-order chi connectivity index (χ1) is 8.77. The van der Waals surface area contributed by atoms with Crippen LogP contribution in [0.3, 0.4) is 0 Å². The number of nitrogens with one attached hydrogen (secondary N) is 1. The highest BCUT2D eigenvalue weighted by Crippen LogP contribution is 2.22. The van der Waals surface area contributed by atoms with Gasteiger partial charge in [-0.1, -0.05) is 20.8 Å². The molecule has 6 heteroatoms. The molecule has 0 radical (unpaired) electrons. The normalized spacial score (nSPS) is 19.8. The zero-order valence-corrected chi connectivity index (χ0v) is 13.2. The summed E-state index contributed by atoms with van der Waals surface area (Å²) in [6.45, 7) is 8.00. The fraction of sp³-hybridized carbons (Fsp3) is 1.00. The summed E-state index contributed by atoms with van der Waals surface area (Å²) in [6.07, 6.45) is 3.39. The molecule has 0 aromatic carbocycles. The van der Waals surface area contributed by atoms with E-state index < -0.39 is 10.2 Å². The topological polar surface area (TPSA) is 69.6 Å². The second-order valence-electron chi connectivity index (χ2n) is 6.40. The van der Waals surface area contributed by atoms with Gasteiger partial charge < -0.3 is 5.11 Å². The molecule has 114 valence electrons. The Bertz CT molecular complexity index is 360. The molecule has 19 heavy (non-hydrogen) atoms. The van der Waals surface area contributed by atoms with E-state index in [2.05, 4.69) is 11.6 Å². The van der Waals surface area contributed by atoms with Crippen molar-refractivity contribution in [2.24, 2.45) is 11.3 Å². The Morgan fingerprint density at radius 2 is 1.89 bits per heavy atom. The standard InChI is InChI=1S/C13H28N2O3S/c1-12-5-8-15(9-6-12)19(17,18)14-11-13(2,3)7-4-10-16/h12,14,16H,4-11H2,1-3H3. The maximum absolute atomic E-state index is 12.2. The average Bonchev–Trinajstić information content (AvgIpc) is 2.35. The number of nitrogens with zero attached hydrogens (tertiary/aromatic N) is 1. The van der Waals surface area contributed by atoms with Crippen molar-refractivity contribution >= 4 is 10.2 Å². The number of rotatable bonds is 7. The van der Waals surface area contributed by atoms with Crippen molar-refractivity contribution in [1.29, 1.82) is 0 Å². The fourth-order valence-corrected chi connectivity index (χ4v) is 3.70. The Labute approximate surface area is 117 Å². The lowest BCUT2D eigenvalue weighted by Crippen LogP contribution is -2.47. The summed E-state index contributed by atoms with van der Waals surface area (Å²) in [7, 11) is -3.34. The van der Waals surface area contributed by atoms with Crippen molar-refractivity contribution in [3.63, 3.8) is 0 Å². The first-order valence-electron chi connectivity index (χ1n) is 7.12. The van der Waals surface area contributed by atoms with E-state index in [4.69, 9.17) is 5.11 Å². The van der Waals surface area contributed by atoms with E-state index >= 15 is 0 Å². The summed E-state index contributed by atoms with van der Waals surface area (Å²) in [4.78, 5) is 0. The third kappa shape index (κ3) is 5.77. The highest BCUT2D eigenvalue weighted by Gasteiger charge is 2.28. The molecule has 0 amide bonds. The molecule has 1 heterocycles. The molecule has 0 aromatic rings. The van der Waals surface area contributed by atoms with Crippen molar-refractivity contribution in [1.82, 2.24) is 9.03 Å². The summed E-state index contributed by atoms with van der Waals surface area (Å²) in [6, 6.07) is 0.